The number of rotatable bonds is 2. The molecule has 0 saturated heterocycles. The number of ketones is 1. The van der Waals surface area contributed by atoms with Crippen molar-refractivity contribution in [3.63, 3.8) is 0 Å². The Morgan fingerprint density at radius 2 is 2.30 bits per heavy atom. The van der Waals surface area contributed by atoms with Gasteiger partial charge in [-0.2, -0.15) is 0 Å². The highest BCUT2D eigenvalue weighted by atomic mass is 16.3. The van der Waals surface area contributed by atoms with Crippen LogP contribution < -0.4 is 0 Å². The lowest BCUT2D eigenvalue weighted by atomic mass is 10.0. The van der Waals surface area contributed by atoms with Gasteiger partial charge in [0, 0.05) is 5.92 Å². The Morgan fingerprint density at radius 1 is 1.60 bits per heavy atom. The van der Waals surface area contributed by atoms with Gasteiger partial charge in [0.05, 0.1) is 11.8 Å². The first-order valence-corrected chi connectivity index (χ1v) is 3.28. The normalized spacial score (nSPS) is 10.3. The fourth-order valence-corrected chi connectivity index (χ4v) is 0.738. The van der Waals surface area contributed by atoms with Crippen LogP contribution in [0.3, 0.4) is 0 Å². The zero-order valence-electron chi connectivity index (χ0n) is 6.13. The smallest absolute Gasteiger partial charge is 0.168 e. The molecule has 1 rings (SSSR count). The second kappa shape index (κ2) is 2.69. The van der Waals surface area contributed by atoms with Crippen molar-refractivity contribution >= 4 is 5.78 Å². The van der Waals surface area contributed by atoms with E-state index in [0.29, 0.717) is 5.56 Å². The summed E-state index contributed by atoms with van der Waals surface area (Å²) in [6.07, 6.45) is 2.98. The molecule has 0 aliphatic carbocycles. The molecule has 0 fully saturated rings. The topological polar surface area (TPSA) is 30.2 Å². The molecule has 10 heavy (non-hydrogen) atoms. The summed E-state index contributed by atoms with van der Waals surface area (Å²) in [4.78, 5) is 11.1. The van der Waals surface area contributed by atoms with Crippen LogP contribution in [0, 0.1) is 5.92 Å². The van der Waals surface area contributed by atoms with Gasteiger partial charge in [-0.05, 0) is 6.07 Å². The Labute approximate surface area is 59.8 Å². The quantitative estimate of drug-likeness (QED) is 0.586. The molecule has 1 heterocycles. The van der Waals surface area contributed by atoms with Crippen molar-refractivity contribution in [3.05, 3.63) is 24.2 Å². The zero-order valence-corrected chi connectivity index (χ0v) is 6.13. The molecule has 2 nitrogen and oxygen atoms in total. The fourth-order valence-electron chi connectivity index (χ4n) is 0.738. The lowest BCUT2D eigenvalue weighted by Gasteiger charge is -1.97. The average Bonchev–Trinajstić information content (AvgIpc) is 2.36. The third-order valence-corrected chi connectivity index (χ3v) is 1.33. The SMILES string of the molecule is CC(C)C(=O)c1ccoc1. The molecule has 0 bridgehead atoms. The Kier molecular flexibility index (Phi) is 1.90. The van der Waals surface area contributed by atoms with Crippen LogP contribution >= 0.6 is 0 Å². The molecule has 1 aromatic rings. The van der Waals surface area contributed by atoms with Gasteiger partial charge in [0.25, 0.3) is 0 Å². The van der Waals surface area contributed by atoms with Crippen LogP contribution in [0.15, 0.2) is 23.0 Å². The number of furan rings is 1. The van der Waals surface area contributed by atoms with Gasteiger partial charge in [0.1, 0.15) is 6.26 Å². The van der Waals surface area contributed by atoms with Crippen LogP contribution in [-0.2, 0) is 0 Å². The van der Waals surface area contributed by atoms with E-state index in [9.17, 15) is 4.79 Å². The molecule has 0 saturated carbocycles. The predicted molar refractivity (Wildman–Crippen MR) is 37.9 cm³/mol. The number of hydrogen-bond acceptors (Lipinski definition) is 2. The lowest BCUT2D eigenvalue weighted by molar-refractivity contribution is 0.0939. The van der Waals surface area contributed by atoms with Gasteiger partial charge in [0.2, 0.25) is 0 Å². The molecule has 0 aliphatic rings. The van der Waals surface area contributed by atoms with E-state index in [1.165, 1.54) is 12.5 Å². The van der Waals surface area contributed by atoms with Crippen LogP contribution in [0.2, 0.25) is 0 Å². The van der Waals surface area contributed by atoms with Gasteiger partial charge in [-0.15, -0.1) is 0 Å². The average molecular weight is 138 g/mol. The van der Waals surface area contributed by atoms with Crippen molar-refractivity contribution in [2.24, 2.45) is 5.92 Å². The van der Waals surface area contributed by atoms with Gasteiger partial charge in [0.15, 0.2) is 5.78 Å². The maximum Gasteiger partial charge on any atom is 0.168 e. The third kappa shape index (κ3) is 1.26. The summed E-state index contributed by atoms with van der Waals surface area (Å²) < 4.78 is 4.76. The van der Waals surface area contributed by atoms with E-state index in [0.717, 1.165) is 0 Å². The largest absolute Gasteiger partial charge is 0.472 e. The molecule has 0 spiro atoms. The monoisotopic (exact) mass is 138 g/mol. The van der Waals surface area contributed by atoms with Gasteiger partial charge in [-0.25, -0.2) is 0 Å². The first-order chi connectivity index (χ1) is 4.72. The second-order valence-corrected chi connectivity index (χ2v) is 2.53. The van der Waals surface area contributed by atoms with E-state index in [2.05, 4.69) is 0 Å². The van der Waals surface area contributed by atoms with Gasteiger partial charge in [-0.3, -0.25) is 4.79 Å². The minimum Gasteiger partial charge on any atom is -0.472 e. The van der Waals surface area contributed by atoms with Crippen molar-refractivity contribution in [1.29, 1.82) is 0 Å². The van der Waals surface area contributed by atoms with Gasteiger partial charge < -0.3 is 4.42 Å². The van der Waals surface area contributed by atoms with Crippen LogP contribution in [0.25, 0.3) is 0 Å². The first kappa shape index (κ1) is 7.06. The number of Topliss-reactive ketones (excluding diaryl/α,β-unsaturated/α-hetero) is 1. The Hall–Kier alpha value is -1.05. The minimum atomic E-state index is 0.0533. The third-order valence-electron chi connectivity index (χ3n) is 1.33. The second-order valence-electron chi connectivity index (χ2n) is 2.53. The molecule has 2 heteroatoms. The molecule has 0 radical (unpaired) electrons. The minimum absolute atomic E-state index is 0.0533. The maximum absolute atomic E-state index is 11.1. The molecule has 0 amide bonds. The summed E-state index contributed by atoms with van der Waals surface area (Å²) in [5.74, 6) is 0.186. The van der Waals surface area contributed by atoms with E-state index < -0.39 is 0 Å². The van der Waals surface area contributed by atoms with Crippen molar-refractivity contribution in [2.75, 3.05) is 0 Å². The highest BCUT2D eigenvalue weighted by molar-refractivity contribution is 5.96. The summed E-state index contributed by atoms with van der Waals surface area (Å²) in [5, 5.41) is 0. The first-order valence-electron chi connectivity index (χ1n) is 3.28. The molecule has 1 aromatic heterocycles. The van der Waals surface area contributed by atoms with Crippen molar-refractivity contribution < 1.29 is 9.21 Å². The van der Waals surface area contributed by atoms with Gasteiger partial charge in [-0.1, -0.05) is 13.8 Å². The summed E-state index contributed by atoms with van der Waals surface area (Å²) in [6.45, 7) is 3.74. The Balaban J connectivity index is 2.78. The molecule has 0 aliphatic heterocycles. The molecule has 0 unspecified atom stereocenters. The Morgan fingerprint density at radius 3 is 2.70 bits per heavy atom. The van der Waals surface area contributed by atoms with E-state index in [1.54, 1.807) is 6.07 Å². The zero-order chi connectivity index (χ0) is 7.56. The highest BCUT2D eigenvalue weighted by Gasteiger charge is 2.10. The number of carbonyl (C=O) groups is 1. The summed E-state index contributed by atoms with van der Waals surface area (Å²) >= 11 is 0. The molecule has 0 N–H and O–H groups in total. The van der Waals surface area contributed by atoms with Crippen molar-refractivity contribution in [2.45, 2.75) is 13.8 Å². The van der Waals surface area contributed by atoms with E-state index >= 15 is 0 Å². The van der Waals surface area contributed by atoms with Crippen LogP contribution in [0.1, 0.15) is 24.2 Å². The predicted octanol–water partition coefficient (Wildman–Crippen LogP) is 2.12. The van der Waals surface area contributed by atoms with E-state index in [-0.39, 0.29) is 11.7 Å². The number of carbonyl (C=O) groups excluding carboxylic acids is 1. The lowest BCUT2D eigenvalue weighted by Crippen LogP contribution is -2.05. The van der Waals surface area contributed by atoms with E-state index in [1.807, 2.05) is 13.8 Å². The van der Waals surface area contributed by atoms with Crippen LogP contribution in [-0.4, -0.2) is 5.78 Å². The Bertz CT molecular complexity index is 209. The van der Waals surface area contributed by atoms with Crippen LogP contribution in [0.4, 0.5) is 0 Å². The summed E-state index contributed by atoms with van der Waals surface area (Å²) in [6, 6.07) is 1.68. The molecule has 0 atom stereocenters. The van der Waals surface area contributed by atoms with Gasteiger partial charge >= 0.3 is 0 Å². The van der Waals surface area contributed by atoms with Crippen LogP contribution in [0.5, 0.6) is 0 Å². The summed E-state index contributed by atoms with van der Waals surface area (Å²) in [5.41, 5.74) is 0.662. The molecular formula is C8H10O2. The maximum atomic E-state index is 11.1. The van der Waals surface area contributed by atoms with Crippen molar-refractivity contribution in [3.8, 4) is 0 Å². The highest BCUT2D eigenvalue weighted by Crippen LogP contribution is 2.07. The fraction of sp³-hybridized carbons (Fsp3) is 0.375. The van der Waals surface area contributed by atoms with Crippen molar-refractivity contribution in [1.82, 2.24) is 0 Å². The standard InChI is InChI=1S/C8H10O2/c1-6(2)8(9)7-3-4-10-5-7/h3-6H,1-2H3. The molecule has 0 aromatic carbocycles. The molecule has 54 valence electrons. The number of hydrogen-bond donors (Lipinski definition) is 0. The summed E-state index contributed by atoms with van der Waals surface area (Å²) in [7, 11) is 0. The van der Waals surface area contributed by atoms with E-state index in [4.69, 9.17) is 4.42 Å². The molecular weight excluding hydrogens is 128 g/mol.